The average molecular weight is 421 g/mol. The predicted octanol–water partition coefficient (Wildman–Crippen LogP) is 3.58. The Kier molecular flexibility index (Phi) is 9.44. The van der Waals surface area contributed by atoms with E-state index in [1.165, 1.54) is 19.4 Å². The van der Waals surface area contributed by atoms with Gasteiger partial charge in [-0.2, -0.15) is 0 Å². The Hall–Kier alpha value is -2.77. The van der Waals surface area contributed by atoms with Gasteiger partial charge in [-0.05, 0) is 51.3 Å². The second-order valence-corrected chi connectivity index (χ2v) is 7.29. The molecule has 0 unspecified atom stereocenters. The number of carbonyl (C=O) groups excluding carboxylic acids is 3. The number of esters is 1. The Balaban J connectivity index is 1.91. The van der Waals surface area contributed by atoms with Crippen LogP contribution in [0, 0.1) is 0 Å². The van der Waals surface area contributed by atoms with Gasteiger partial charge in [0.2, 0.25) is 0 Å². The number of amides is 3. The zero-order valence-electron chi connectivity index (χ0n) is 18.0. The van der Waals surface area contributed by atoms with Crippen molar-refractivity contribution < 1.29 is 28.6 Å². The standard InChI is InChI=1S/C22H32N2O6/c1-4-13-29-18-12-11-16(14-19(18)28-5-2)21(26)30-15(3)20(25)24-22(27)23-17-9-7-6-8-10-17/h11-12,14-15,17H,4-10,13H2,1-3H3,(H2,23,24,25,27)/t15-/m1/s1. The minimum absolute atomic E-state index is 0.0786. The molecule has 2 rings (SSSR count). The molecule has 0 heterocycles. The molecule has 3 amide bonds. The van der Waals surface area contributed by atoms with Crippen LogP contribution in [-0.4, -0.2) is 43.3 Å². The summed E-state index contributed by atoms with van der Waals surface area (Å²) in [4.78, 5) is 36.7. The SMILES string of the molecule is CCCOc1ccc(C(=O)O[C@H](C)C(=O)NC(=O)NC2CCCCC2)cc1OCC. The van der Waals surface area contributed by atoms with Crippen molar-refractivity contribution >= 4 is 17.9 Å². The number of nitrogens with one attached hydrogen (secondary N) is 2. The van der Waals surface area contributed by atoms with E-state index >= 15 is 0 Å². The number of imide groups is 1. The molecule has 8 heteroatoms. The molecule has 0 bridgehead atoms. The van der Waals surface area contributed by atoms with Crippen molar-refractivity contribution in [2.45, 2.75) is 71.4 Å². The van der Waals surface area contributed by atoms with E-state index in [2.05, 4.69) is 10.6 Å². The molecule has 166 valence electrons. The Labute approximate surface area is 177 Å². The largest absolute Gasteiger partial charge is 0.490 e. The maximum absolute atomic E-state index is 12.4. The monoisotopic (exact) mass is 420 g/mol. The van der Waals surface area contributed by atoms with Crippen LogP contribution in [0.25, 0.3) is 0 Å². The van der Waals surface area contributed by atoms with Crippen LogP contribution in [0.5, 0.6) is 11.5 Å². The molecule has 0 aliphatic heterocycles. The minimum Gasteiger partial charge on any atom is -0.490 e. The third-order valence-corrected chi connectivity index (χ3v) is 4.77. The number of carbonyl (C=O) groups is 3. The molecule has 1 aromatic rings. The highest BCUT2D eigenvalue weighted by molar-refractivity contribution is 5.98. The van der Waals surface area contributed by atoms with Gasteiger partial charge in [-0.25, -0.2) is 9.59 Å². The van der Waals surface area contributed by atoms with Crippen LogP contribution in [0.4, 0.5) is 4.79 Å². The molecule has 1 aliphatic carbocycles. The quantitative estimate of drug-likeness (QED) is 0.592. The molecule has 0 spiro atoms. The van der Waals surface area contributed by atoms with Crippen LogP contribution in [0.3, 0.4) is 0 Å². The fourth-order valence-corrected chi connectivity index (χ4v) is 3.20. The average Bonchev–Trinajstić information content (AvgIpc) is 2.73. The molecule has 1 atom stereocenters. The first-order valence-corrected chi connectivity index (χ1v) is 10.7. The van der Waals surface area contributed by atoms with Crippen LogP contribution < -0.4 is 20.1 Å². The van der Waals surface area contributed by atoms with Crippen LogP contribution in [0.2, 0.25) is 0 Å². The maximum atomic E-state index is 12.4. The summed E-state index contributed by atoms with van der Waals surface area (Å²) in [5.74, 6) is -0.386. The first-order chi connectivity index (χ1) is 14.4. The molecular formula is C22H32N2O6. The van der Waals surface area contributed by atoms with Crippen molar-refractivity contribution in [3.05, 3.63) is 23.8 Å². The second kappa shape index (κ2) is 12.0. The van der Waals surface area contributed by atoms with Crippen molar-refractivity contribution in [1.29, 1.82) is 0 Å². The number of ether oxygens (including phenoxy) is 3. The number of urea groups is 1. The topological polar surface area (TPSA) is 103 Å². The lowest BCUT2D eigenvalue weighted by molar-refractivity contribution is -0.127. The summed E-state index contributed by atoms with van der Waals surface area (Å²) in [6.07, 6.45) is 4.84. The molecule has 8 nitrogen and oxygen atoms in total. The predicted molar refractivity (Wildman–Crippen MR) is 112 cm³/mol. The van der Waals surface area contributed by atoms with Crippen molar-refractivity contribution in [3.8, 4) is 11.5 Å². The summed E-state index contributed by atoms with van der Waals surface area (Å²) in [5, 5.41) is 5.03. The summed E-state index contributed by atoms with van der Waals surface area (Å²) in [6.45, 7) is 6.19. The Bertz CT molecular complexity index is 730. The summed E-state index contributed by atoms with van der Waals surface area (Å²) < 4.78 is 16.4. The normalized spacial score (nSPS) is 15.0. The molecule has 0 saturated heterocycles. The van der Waals surface area contributed by atoms with Crippen molar-refractivity contribution in [1.82, 2.24) is 10.6 Å². The lowest BCUT2D eigenvalue weighted by Crippen LogP contribution is -2.48. The zero-order chi connectivity index (χ0) is 21.9. The van der Waals surface area contributed by atoms with Gasteiger partial charge in [-0.15, -0.1) is 0 Å². The molecule has 1 aliphatic rings. The smallest absolute Gasteiger partial charge is 0.339 e. The first-order valence-electron chi connectivity index (χ1n) is 10.7. The van der Waals surface area contributed by atoms with Gasteiger partial charge in [-0.3, -0.25) is 10.1 Å². The summed E-state index contributed by atoms with van der Waals surface area (Å²) in [6, 6.07) is 4.23. The molecule has 0 radical (unpaired) electrons. The Morgan fingerprint density at radius 2 is 1.80 bits per heavy atom. The third-order valence-electron chi connectivity index (χ3n) is 4.77. The number of rotatable bonds is 9. The third kappa shape index (κ3) is 7.24. The van der Waals surface area contributed by atoms with Gasteiger partial charge in [0.25, 0.3) is 5.91 Å². The van der Waals surface area contributed by atoms with Gasteiger partial charge in [0, 0.05) is 6.04 Å². The molecular weight excluding hydrogens is 388 g/mol. The fraction of sp³-hybridized carbons (Fsp3) is 0.591. The minimum atomic E-state index is -1.12. The second-order valence-electron chi connectivity index (χ2n) is 7.29. The molecule has 0 aromatic heterocycles. The molecule has 1 saturated carbocycles. The van der Waals surface area contributed by atoms with E-state index in [1.54, 1.807) is 12.1 Å². The van der Waals surface area contributed by atoms with Crippen LogP contribution in [0.1, 0.15) is 69.7 Å². The highest BCUT2D eigenvalue weighted by Gasteiger charge is 2.23. The van der Waals surface area contributed by atoms with E-state index in [4.69, 9.17) is 14.2 Å². The zero-order valence-corrected chi connectivity index (χ0v) is 18.0. The highest BCUT2D eigenvalue weighted by Crippen LogP contribution is 2.29. The van der Waals surface area contributed by atoms with E-state index < -0.39 is 24.0 Å². The number of hydrogen-bond acceptors (Lipinski definition) is 6. The fourth-order valence-electron chi connectivity index (χ4n) is 3.20. The first kappa shape index (κ1) is 23.5. The highest BCUT2D eigenvalue weighted by atomic mass is 16.5. The van der Waals surface area contributed by atoms with E-state index in [0.29, 0.717) is 24.7 Å². The van der Waals surface area contributed by atoms with Gasteiger partial charge in [-0.1, -0.05) is 26.2 Å². The number of benzene rings is 1. The van der Waals surface area contributed by atoms with Gasteiger partial charge >= 0.3 is 12.0 Å². The molecule has 1 aromatic carbocycles. The van der Waals surface area contributed by atoms with E-state index in [0.717, 1.165) is 32.1 Å². The van der Waals surface area contributed by atoms with E-state index in [1.807, 2.05) is 13.8 Å². The number of hydrogen-bond donors (Lipinski definition) is 2. The Morgan fingerprint density at radius 1 is 1.07 bits per heavy atom. The summed E-state index contributed by atoms with van der Waals surface area (Å²) in [7, 11) is 0. The van der Waals surface area contributed by atoms with Crippen molar-refractivity contribution in [3.63, 3.8) is 0 Å². The van der Waals surface area contributed by atoms with Crippen LogP contribution >= 0.6 is 0 Å². The van der Waals surface area contributed by atoms with Crippen molar-refractivity contribution in [2.24, 2.45) is 0 Å². The van der Waals surface area contributed by atoms with Crippen molar-refractivity contribution in [2.75, 3.05) is 13.2 Å². The van der Waals surface area contributed by atoms with Crippen LogP contribution in [0.15, 0.2) is 18.2 Å². The molecule has 2 N–H and O–H groups in total. The summed E-state index contributed by atoms with van der Waals surface area (Å²) in [5.41, 5.74) is 0.230. The van der Waals surface area contributed by atoms with Gasteiger partial charge < -0.3 is 19.5 Å². The summed E-state index contributed by atoms with van der Waals surface area (Å²) >= 11 is 0. The van der Waals surface area contributed by atoms with Crippen LogP contribution in [-0.2, 0) is 9.53 Å². The Morgan fingerprint density at radius 3 is 2.47 bits per heavy atom. The van der Waals surface area contributed by atoms with E-state index in [9.17, 15) is 14.4 Å². The van der Waals surface area contributed by atoms with E-state index in [-0.39, 0.29) is 11.6 Å². The molecule has 1 fully saturated rings. The van der Waals surface area contributed by atoms with Gasteiger partial charge in [0.05, 0.1) is 18.8 Å². The lowest BCUT2D eigenvalue weighted by Gasteiger charge is -2.23. The van der Waals surface area contributed by atoms with Gasteiger partial charge in [0.1, 0.15) is 0 Å². The molecule has 30 heavy (non-hydrogen) atoms. The van der Waals surface area contributed by atoms with Gasteiger partial charge in [0.15, 0.2) is 17.6 Å². The maximum Gasteiger partial charge on any atom is 0.339 e. The lowest BCUT2D eigenvalue weighted by atomic mass is 9.96.